The maximum atomic E-state index is 13.1. The van der Waals surface area contributed by atoms with Gasteiger partial charge >= 0.3 is 12.4 Å². The van der Waals surface area contributed by atoms with Crippen LogP contribution in [-0.2, 0) is 37.8 Å². The van der Waals surface area contributed by atoms with Crippen LogP contribution in [0.2, 0.25) is 0 Å². The van der Waals surface area contributed by atoms with Crippen LogP contribution in [0.3, 0.4) is 0 Å². The Balaban J connectivity index is 1.95. The summed E-state index contributed by atoms with van der Waals surface area (Å²) in [4.78, 5) is 38.2. The van der Waals surface area contributed by atoms with E-state index in [0.717, 1.165) is 12.1 Å². The Kier molecular flexibility index (Phi) is 7.61. The number of carbonyl (C=O) groups excluding carboxylic acids is 3. The average molecular weight is 543 g/mol. The first-order valence-corrected chi connectivity index (χ1v) is 10.6. The molecule has 0 radical (unpaired) electrons. The van der Waals surface area contributed by atoms with E-state index in [4.69, 9.17) is 9.47 Å². The van der Waals surface area contributed by atoms with E-state index in [1.54, 1.807) is 0 Å². The molecular formula is C25H19F6NO6. The van der Waals surface area contributed by atoms with Crippen molar-refractivity contribution in [1.82, 2.24) is 0 Å². The largest absolute Gasteiger partial charge is 0.507 e. The fourth-order valence-electron chi connectivity index (χ4n) is 3.71. The SMILES string of the molecule is COC1=C(OC)C(=O)C(Cc2ccc(O)c(C(=O)Nc3cc(C(F)(F)F)cc(C(F)(F)F)c3)c2)=C(C)C1=O. The van der Waals surface area contributed by atoms with E-state index in [1.807, 2.05) is 5.32 Å². The number of phenols is 1. The minimum absolute atomic E-state index is 0.00241. The molecule has 0 heterocycles. The number of carbonyl (C=O) groups is 3. The summed E-state index contributed by atoms with van der Waals surface area (Å²) in [6.07, 6.45) is -10.5. The van der Waals surface area contributed by atoms with Crippen LogP contribution >= 0.6 is 0 Å². The zero-order chi connectivity index (χ0) is 28.6. The highest BCUT2D eigenvalue weighted by Crippen LogP contribution is 2.38. The van der Waals surface area contributed by atoms with Crippen LogP contribution in [-0.4, -0.2) is 36.8 Å². The molecule has 0 aromatic heterocycles. The zero-order valence-electron chi connectivity index (χ0n) is 19.9. The third-order valence-corrected chi connectivity index (χ3v) is 5.63. The second-order valence-corrected chi connectivity index (χ2v) is 8.11. The summed E-state index contributed by atoms with van der Waals surface area (Å²) in [6, 6.07) is 4.00. The van der Waals surface area contributed by atoms with E-state index in [1.165, 1.54) is 27.2 Å². The van der Waals surface area contributed by atoms with Gasteiger partial charge in [-0.3, -0.25) is 14.4 Å². The Labute approximate surface area is 211 Å². The van der Waals surface area contributed by atoms with Gasteiger partial charge in [0.2, 0.25) is 23.1 Å². The summed E-state index contributed by atoms with van der Waals surface area (Å²) >= 11 is 0. The summed E-state index contributed by atoms with van der Waals surface area (Å²) in [5, 5.41) is 12.1. The number of methoxy groups -OCH3 is 2. The predicted octanol–water partition coefficient (Wildman–Crippen LogP) is 5.20. The van der Waals surface area contributed by atoms with Crippen LogP contribution < -0.4 is 5.32 Å². The number of benzene rings is 2. The molecule has 13 heteroatoms. The number of hydrogen-bond acceptors (Lipinski definition) is 6. The van der Waals surface area contributed by atoms with Crippen LogP contribution in [0.4, 0.5) is 32.0 Å². The molecule has 0 bridgehead atoms. The molecule has 1 amide bonds. The molecule has 1 aliphatic rings. The molecule has 0 atom stereocenters. The minimum Gasteiger partial charge on any atom is -0.507 e. The van der Waals surface area contributed by atoms with Crippen molar-refractivity contribution in [3.8, 4) is 5.75 Å². The molecule has 7 nitrogen and oxygen atoms in total. The van der Waals surface area contributed by atoms with Crippen LogP contribution in [0.5, 0.6) is 5.75 Å². The number of alkyl halides is 6. The Morgan fingerprint density at radius 1 is 0.868 bits per heavy atom. The number of Topliss-reactive ketones (excluding diaryl/α,β-unsaturated/α-hetero) is 2. The monoisotopic (exact) mass is 543 g/mol. The molecule has 0 unspecified atom stereocenters. The molecule has 38 heavy (non-hydrogen) atoms. The summed E-state index contributed by atoms with van der Waals surface area (Å²) in [5.41, 5.74) is -4.33. The number of amides is 1. The van der Waals surface area contributed by atoms with Gasteiger partial charge in [-0.25, -0.2) is 0 Å². The lowest BCUT2D eigenvalue weighted by Crippen LogP contribution is -2.26. The number of halogens is 6. The number of phenolic OH excluding ortho intramolecular Hbond substituents is 1. The third kappa shape index (κ3) is 5.66. The van der Waals surface area contributed by atoms with Crippen molar-refractivity contribution in [3.05, 3.63) is 81.3 Å². The van der Waals surface area contributed by atoms with Crippen molar-refractivity contribution >= 4 is 23.2 Å². The number of hydrogen-bond donors (Lipinski definition) is 2. The number of anilines is 1. The van der Waals surface area contributed by atoms with Gasteiger partial charge < -0.3 is 19.9 Å². The zero-order valence-corrected chi connectivity index (χ0v) is 19.9. The standard InChI is InChI=1S/C25H19F6NO6/c1-11-16(20(35)22(38-3)21(37-2)19(11)34)6-12-4-5-18(33)17(7-12)23(36)32-15-9-13(24(26,27)28)8-14(10-15)25(29,30)31/h4-5,7-10,33H,6H2,1-3H3,(H,32,36). The number of aromatic hydroxyl groups is 1. The quantitative estimate of drug-likeness (QED) is 0.384. The van der Waals surface area contributed by atoms with E-state index >= 15 is 0 Å². The van der Waals surface area contributed by atoms with Crippen LogP contribution in [0.25, 0.3) is 0 Å². The average Bonchev–Trinajstić information content (AvgIpc) is 2.83. The molecule has 0 saturated heterocycles. The first kappa shape index (κ1) is 28.3. The highest BCUT2D eigenvalue weighted by molar-refractivity contribution is 6.23. The molecule has 0 saturated carbocycles. The van der Waals surface area contributed by atoms with Gasteiger partial charge in [0.15, 0.2) is 0 Å². The predicted molar refractivity (Wildman–Crippen MR) is 120 cm³/mol. The smallest absolute Gasteiger partial charge is 0.416 e. The van der Waals surface area contributed by atoms with Gasteiger partial charge in [-0.2, -0.15) is 26.3 Å². The molecule has 2 N–H and O–H groups in total. The Bertz CT molecular complexity index is 1360. The van der Waals surface area contributed by atoms with Gasteiger partial charge in [-0.05, 0) is 42.8 Å². The lowest BCUT2D eigenvalue weighted by atomic mass is 9.88. The molecule has 1 aliphatic carbocycles. The van der Waals surface area contributed by atoms with Crippen LogP contribution in [0, 0.1) is 0 Å². The van der Waals surface area contributed by atoms with Crippen molar-refractivity contribution < 1.29 is 55.3 Å². The van der Waals surface area contributed by atoms with Crippen molar-refractivity contribution in [3.63, 3.8) is 0 Å². The number of rotatable bonds is 6. The van der Waals surface area contributed by atoms with E-state index in [9.17, 15) is 45.8 Å². The first-order valence-electron chi connectivity index (χ1n) is 10.6. The lowest BCUT2D eigenvalue weighted by Gasteiger charge is -2.20. The van der Waals surface area contributed by atoms with Gasteiger partial charge in [0.1, 0.15) is 5.75 Å². The van der Waals surface area contributed by atoms with Gasteiger partial charge in [-0.1, -0.05) is 6.07 Å². The first-order chi connectivity index (χ1) is 17.6. The van der Waals surface area contributed by atoms with Gasteiger partial charge in [-0.15, -0.1) is 0 Å². The third-order valence-electron chi connectivity index (χ3n) is 5.63. The van der Waals surface area contributed by atoms with Crippen molar-refractivity contribution in [2.75, 3.05) is 19.5 Å². The summed E-state index contributed by atoms with van der Waals surface area (Å²) in [7, 11) is 2.35. The van der Waals surface area contributed by atoms with Crippen LogP contribution in [0.1, 0.15) is 34.0 Å². The second kappa shape index (κ2) is 10.2. The van der Waals surface area contributed by atoms with Crippen molar-refractivity contribution in [1.29, 1.82) is 0 Å². The van der Waals surface area contributed by atoms with Crippen molar-refractivity contribution in [2.45, 2.75) is 25.7 Å². The number of nitrogens with one attached hydrogen (secondary N) is 1. The molecule has 0 spiro atoms. The Morgan fingerprint density at radius 3 is 1.89 bits per heavy atom. The van der Waals surface area contributed by atoms with Crippen molar-refractivity contribution in [2.24, 2.45) is 0 Å². The maximum absolute atomic E-state index is 13.1. The molecule has 2 aromatic carbocycles. The Hall–Kier alpha value is -4.29. The van der Waals surface area contributed by atoms with E-state index < -0.39 is 58.0 Å². The van der Waals surface area contributed by atoms with Crippen LogP contribution in [0.15, 0.2) is 59.1 Å². The summed E-state index contributed by atoms with van der Waals surface area (Å²) < 4.78 is 88.7. The highest BCUT2D eigenvalue weighted by atomic mass is 19.4. The molecule has 0 aliphatic heterocycles. The molecule has 3 rings (SSSR count). The topological polar surface area (TPSA) is 102 Å². The number of ketones is 2. The Morgan fingerprint density at radius 2 is 1.39 bits per heavy atom. The van der Waals surface area contributed by atoms with E-state index in [0.29, 0.717) is 12.1 Å². The molecule has 202 valence electrons. The molecular weight excluding hydrogens is 524 g/mol. The lowest BCUT2D eigenvalue weighted by molar-refractivity contribution is -0.143. The fourth-order valence-corrected chi connectivity index (χ4v) is 3.71. The molecule has 0 fully saturated rings. The van der Waals surface area contributed by atoms with E-state index in [2.05, 4.69) is 0 Å². The molecule has 2 aromatic rings. The van der Waals surface area contributed by atoms with E-state index in [-0.39, 0.29) is 40.7 Å². The minimum atomic E-state index is -5.13. The maximum Gasteiger partial charge on any atom is 0.416 e. The highest BCUT2D eigenvalue weighted by Gasteiger charge is 2.37. The summed E-state index contributed by atoms with van der Waals surface area (Å²) in [5.74, 6) is -3.74. The normalized spacial score (nSPS) is 14.7. The van der Waals surface area contributed by atoms with Gasteiger partial charge in [0.25, 0.3) is 5.91 Å². The van der Waals surface area contributed by atoms with Gasteiger partial charge in [0.05, 0.1) is 30.9 Å². The van der Waals surface area contributed by atoms with Gasteiger partial charge in [0, 0.05) is 23.3 Å². The number of ether oxygens (including phenoxy) is 2. The second-order valence-electron chi connectivity index (χ2n) is 8.11. The fraction of sp³-hybridized carbons (Fsp3) is 0.240. The number of allylic oxidation sites excluding steroid dienone is 2. The summed E-state index contributed by atoms with van der Waals surface area (Å²) in [6.45, 7) is 1.38.